The van der Waals surface area contributed by atoms with Gasteiger partial charge in [-0.2, -0.15) is 13.1 Å². The van der Waals surface area contributed by atoms with Gasteiger partial charge in [-0.1, -0.05) is 25.1 Å². The molecule has 0 bridgehead atoms. The van der Waals surface area contributed by atoms with Crippen molar-refractivity contribution in [2.45, 2.75) is 19.9 Å². The van der Waals surface area contributed by atoms with Crippen molar-refractivity contribution in [1.29, 1.82) is 0 Å². The van der Waals surface area contributed by atoms with E-state index in [1.54, 1.807) is 32.0 Å². The molecular formula is C10H17N3O2S. The highest BCUT2D eigenvalue weighted by Crippen LogP contribution is 2.21. The minimum absolute atomic E-state index is 0.222. The molecule has 0 aliphatic rings. The molecule has 0 aromatic heterocycles. The van der Waals surface area contributed by atoms with E-state index in [1.807, 2.05) is 6.07 Å². The van der Waals surface area contributed by atoms with Gasteiger partial charge in [-0.05, 0) is 18.6 Å². The van der Waals surface area contributed by atoms with Crippen LogP contribution in [-0.2, 0) is 10.2 Å². The Bertz CT molecular complexity index is 443. The molecule has 1 unspecified atom stereocenters. The molecular weight excluding hydrogens is 226 g/mol. The first-order valence-electron chi connectivity index (χ1n) is 5.08. The maximum absolute atomic E-state index is 11.5. The number of hydrogen-bond acceptors (Lipinski definition) is 3. The van der Waals surface area contributed by atoms with Gasteiger partial charge in [-0.15, -0.1) is 0 Å². The highest BCUT2D eigenvalue weighted by molar-refractivity contribution is 7.90. The van der Waals surface area contributed by atoms with Crippen LogP contribution in [0.3, 0.4) is 0 Å². The Morgan fingerprint density at radius 1 is 1.38 bits per heavy atom. The highest BCUT2D eigenvalue weighted by atomic mass is 32.2. The molecule has 0 aliphatic carbocycles. The third-order valence-electron chi connectivity index (χ3n) is 2.03. The Morgan fingerprint density at radius 3 is 2.56 bits per heavy atom. The summed E-state index contributed by atoms with van der Waals surface area (Å²) in [6, 6.07) is 6.85. The molecule has 0 amide bonds. The van der Waals surface area contributed by atoms with E-state index < -0.39 is 10.2 Å². The summed E-state index contributed by atoms with van der Waals surface area (Å²) >= 11 is 0. The van der Waals surface area contributed by atoms with Crippen LogP contribution in [-0.4, -0.2) is 15.0 Å². The molecule has 16 heavy (non-hydrogen) atoms. The summed E-state index contributed by atoms with van der Waals surface area (Å²) in [4.78, 5) is 0. The van der Waals surface area contributed by atoms with Crippen molar-refractivity contribution in [3.63, 3.8) is 0 Å². The van der Waals surface area contributed by atoms with E-state index in [4.69, 9.17) is 5.73 Å². The zero-order valence-corrected chi connectivity index (χ0v) is 10.2. The van der Waals surface area contributed by atoms with E-state index >= 15 is 0 Å². The standard InChI is InChI=1S/C10H17N3O2S/c1-3-12-16(14,15)13-10-7-5-4-6-9(10)8(2)11/h4-8,12-13H,3,11H2,1-2H3. The number of nitrogens with two attached hydrogens (primary N) is 1. The fourth-order valence-corrected chi connectivity index (χ4v) is 2.29. The molecule has 0 saturated heterocycles. The van der Waals surface area contributed by atoms with E-state index in [2.05, 4.69) is 9.44 Å². The zero-order chi connectivity index (χ0) is 12.2. The molecule has 0 aliphatic heterocycles. The first-order valence-corrected chi connectivity index (χ1v) is 6.56. The van der Waals surface area contributed by atoms with Crippen LogP contribution in [0.15, 0.2) is 24.3 Å². The largest absolute Gasteiger partial charge is 0.324 e. The minimum atomic E-state index is -3.50. The van der Waals surface area contributed by atoms with Gasteiger partial charge in [0.15, 0.2) is 0 Å². The quantitative estimate of drug-likeness (QED) is 0.720. The molecule has 1 rings (SSSR count). The molecule has 0 radical (unpaired) electrons. The van der Waals surface area contributed by atoms with Gasteiger partial charge in [0.25, 0.3) is 10.2 Å². The van der Waals surface area contributed by atoms with E-state index in [-0.39, 0.29) is 6.04 Å². The van der Waals surface area contributed by atoms with Crippen LogP contribution < -0.4 is 15.2 Å². The van der Waals surface area contributed by atoms with Crippen LogP contribution in [0.25, 0.3) is 0 Å². The molecule has 4 N–H and O–H groups in total. The first kappa shape index (κ1) is 13.0. The Hall–Kier alpha value is -1.11. The fraction of sp³-hybridized carbons (Fsp3) is 0.400. The lowest BCUT2D eigenvalue weighted by Gasteiger charge is -2.14. The number of rotatable bonds is 5. The Kier molecular flexibility index (Phi) is 4.28. The van der Waals surface area contributed by atoms with E-state index in [0.717, 1.165) is 5.56 Å². The molecule has 6 heteroatoms. The second kappa shape index (κ2) is 5.29. The van der Waals surface area contributed by atoms with Crippen LogP contribution in [0.1, 0.15) is 25.5 Å². The van der Waals surface area contributed by atoms with E-state index in [0.29, 0.717) is 12.2 Å². The first-order chi connectivity index (χ1) is 7.46. The summed E-state index contributed by atoms with van der Waals surface area (Å²) < 4.78 is 27.8. The summed E-state index contributed by atoms with van der Waals surface area (Å²) in [5, 5.41) is 0. The lowest BCUT2D eigenvalue weighted by atomic mass is 10.1. The summed E-state index contributed by atoms with van der Waals surface area (Å²) in [6.45, 7) is 3.87. The lowest BCUT2D eigenvalue weighted by molar-refractivity contribution is 0.589. The van der Waals surface area contributed by atoms with Crippen LogP contribution in [0.4, 0.5) is 5.69 Å². The van der Waals surface area contributed by atoms with Gasteiger partial charge in [-0.3, -0.25) is 4.72 Å². The van der Waals surface area contributed by atoms with Gasteiger partial charge < -0.3 is 5.73 Å². The molecule has 1 atom stereocenters. The number of benzene rings is 1. The molecule has 0 heterocycles. The van der Waals surface area contributed by atoms with Gasteiger partial charge in [0, 0.05) is 12.6 Å². The summed E-state index contributed by atoms with van der Waals surface area (Å²) in [7, 11) is -3.50. The summed E-state index contributed by atoms with van der Waals surface area (Å²) in [6.07, 6.45) is 0. The molecule has 1 aromatic carbocycles. The van der Waals surface area contributed by atoms with Gasteiger partial charge in [0.2, 0.25) is 0 Å². The molecule has 0 spiro atoms. The topological polar surface area (TPSA) is 84.2 Å². The molecule has 1 aromatic rings. The third-order valence-corrected chi connectivity index (χ3v) is 3.19. The van der Waals surface area contributed by atoms with Gasteiger partial charge in [-0.25, -0.2) is 0 Å². The van der Waals surface area contributed by atoms with Crippen LogP contribution in [0, 0.1) is 0 Å². The normalized spacial score (nSPS) is 13.4. The van der Waals surface area contributed by atoms with Crippen molar-refractivity contribution in [2.75, 3.05) is 11.3 Å². The predicted octanol–water partition coefficient (Wildman–Crippen LogP) is 0.972. The second-order valence-electron chi connectivity index (χ2n) is 3.48. The Morgan fingerprint density at radius 2 is 2.00 bits per heavy atom. The van der Waals surface area contributed by atoms with Crippen molar-refractivity contribution in [1.82, 2.24) is 4.72 Å². The third kappa shape index (κ3) is 3.48. The number of hydrogen-bond donors (Lipinski definition) is 3. The van der Waals surface area contributed by atoms with Gasteiger partial charge in [0.05, 0.1) is 5.69 Å². The Balaban J connectivity index is 2.97. The van der Waals surface area contributed by atoms with E-state index in [1.165, 1.54) is 0 Å². The van der Waals surface area contributed by atoms with Crippen molar-refractivity contribution in [2.24, 2.45) is 5.73 Å². The summed E-state index contributed by atoms with van der Waals surface area (Å²) in [5.74, 6) is 0. The fourth-order valence-electron chi connectivity index (χ4n) is 1.36. The van der Waals surface area contributed by atoms with Crippen molar-refractivity contribution in [3.8, 4) is 0 Å². The molecule has 0 fully saturated rings. The molecule has 5 nitrogen and oxygen atoms in total. The molecule has 0 saturated carbocycles. The van der Waals surface area contributed by atoms with E-state index in [9.17, 15) is 8.42 Å². The average Bonchev–Trinajstić information content (AvgIpc) is 2.17. The van der Waals surface area contributed by atoms with Gasteiger partial charge in [0.1, 0.15) is 0 Å². The minimum Gasteiger partial charge on any atom is -0.324 e. The smallest absolute Gasteiger partial charge is 0.299 e. The van der Waals surface area contributed by atoms with Crippen LogP contribution in [0.2, 0.25) is 0 Å². The number of para-hydroxylation sites is 1. The van der Waals surface area contributed by atoms with Crippen LogP contribution >= 0.6 is 0 Å². The SMILES string of the molecule is CCNS(=O)(=O)Nc1ccccc1C(C)N. The lowest BCUT2D eigenvalue weighted by Crippen LogP contribution is -2.30. The van der Waals surface area contributed by atoms with Crippen molar-refractivity contribution in [3.05, 3.63) is 29.8 Å². The molecule has 90 valence electrons. The predicted molar refractivity (Wildman–Crippen MR) is 65.3 cm³/mol. The van der Waals surface area contributed by atoms with Gasteiger partial charge >= 0.3 is 0 Å². The summed E-state index contributed by atoms with van der Waals surface area (Å²) in [5.41, 5.74) is 7.03. The monoisotopic (exact) mass is 243 g/mol. The Labute approximate surface area is 96.2 Å². The highest BCUT2D eigenvalue weighted by Gasteiger charge is 2.12. The zero-order valence-electron chi connectivity index (χ0n) is 9.40. The number of anilines is 1. The maximum atomic E-state index is 11.5. The van der Waals surface area contributed by atoms with Crippen LogP contribution in [0.5, 0.6) is 0 Å². The average molecular weight is 243 g/mol. The second-order valence-corrected chi connectivity index (χ2v) is 4.98. The maximum Gasteiger partial charge on any atom is 0.299 e. The number of nitrogens with one attached hydrogen (secondary N) is 2. The van der Waals surface area contributed by atoms with Crippen molar-refractivity contribution >= 4 is 15.9 Å². The van der Waals surface area contributed by atoms with Crippen molar-refractivity contribution < 1.29 is 8.42 Å².